The second-order valence-electron chi connectivity index (χ2n) is 7.45. The Morgan fingerprint density at radius 1 is 1.19 bits per heavy atom. The number of rotatable bonds is 4. The van der Waals surface area contributed by atoms with Gasteiger partial charge in [-0.25, -0.2) is 4.79 Å². The van der Waals surface area contributed by atoms with Crippen molar-refractivity contribution in [2.45, 2.75) is 56.8 Å². The Balaban J connectivity index is 1.34. The smallest absolute Gasteiger partial charge is 0.319 e. The van der Waals surface area contributed by atoms with E-state index in [-0.39, 0.29) is 12.1 Å². The number of nitrogens with one attached hydrogen (secondary N) is 2. The third-order valence-corrected chi connectivity index (χ3v) is 6.51. The topological polar surface area (TPSA) is 68.2 Å². The van der Waals surface area contributed by atoms with Crippen LogP contribution in [0.3, 0.4) is 0 Å². The number of fused-ring (bicyclic) bond motifs is 2. The van der Waals surface area contributed by atoms with Crippen molar-refractivity contribution in [3.63, 3.8) is 0 Å². The Hall–Kier alpha value is -2.36. The average Bonchev–Trinajstić information content (AvgIpc) is 3.16. The fourth-order valence-electron chi connectivity index (χ4n) is 4.42. The van der Waals surface area contributed by atoms with Gasteiger partial charge in [0, 0.05) is 35.2 Å². The van der Waals surface area contributed by atoms with Gasteiger partial charge in [-0.05, 0) is 61.4 Å². The molecule has 0 radical (unpaired) electrons. The lowest BCUT2D eigenvalue weighted by Crippen LogP contribution is -2.56. The first-order valence-electron chi connectivity index (χ1n) is 9.57. The highest BCUT2D eigenvalue weighted by atomic mass is 32.1. The standard InChI is InChI=1S/C21H24N4OS/c22-13-15-6-8-16(9-7-15)23-21(26)24-17-11-18-3-1-4-19(12-17)25(18)14-20-5-2-10-27-20/h2,5-10,17-19H,1,3-4,11-12,14H2,(H2,23,24,26)/t17?,18-,19+. The summed E-state index contributed by atoms with van der Waals surface area (Å²) in [4.78, 5) is 16.5. The van der Waals surface area contributed by atoms with Crippen LogP contribution in [0.2, 0.25) is 0 Å². The van der Waals surface area contributed by atoms with Crippen LogP contribution in [0, 0.1) is 11.3 Å². The van der Waals surface area contributed by atoms with Gasteiger partial charge < -0.3 is 10.6 Å². The molecule has 3 heterocycles. The summed E-state index contributed by atoms with van der Waals surface area (Å²) in [6, 6.07) is 14.5. The van der Waals surface area contributed by atoms with Crippen molar-refractivity contribution >= 4 is 23.1 Å². The van der Waals surface area contributed by atoms with E-state index in [1.165, 1.54) is 24.1 Å². The van der Waals surface area contributed by atoms with Crippen LogP contribution < -0.4 is 10.6 Å². The van der Waals surface area contributed by atoms with E-state index >= 15 is 0 Å². The lowest BCUT2D eigenvalue weighted by Gasteiger charge is -2.48. The molecule has 2 aliphatic heterocycles. The van der Waals surface area contributed by atoms with E-state index in [1.54, 1.807) is 24.3 Å². The molecule has 0 spiro atoms. The molecule has 4 rings (SSSR count). The van der Waals surface area contributed by atoms with Gasteiger partial charge >= 0.3 is 6.03 Å². The summed E-state index contributed by atoms with van der Waals surface area (Å²) < 4.78 is 0. The molecule has 0 saturated carbocycles. The van der Waals surface area contributed by atoms with E-state index in [1.807, 2.05) is 11.3 Å². The summed E-state index contributed by atoms with van der Waals surface area (Å²) in [5, 5.41) is 17.0. The number of amides is 2. The van der Waals surface area contributed by atoms with Crippen LogP contribution in [-0.2, 0) is 6.54 Å². The lowest BCUT2D eigenvalue weighted by atomic mass is 9.81. The van der Waals surface area contributed by atoms with Crippen LogP contribution >= 0.6 is 11.3 Å². The Morgan fingerprint density at radius 2 is 1.93 bits per heavy atom. The fourth-order valence-corrected chi connectivity index (χ4v) is 5.13. The monoisotopic (exact) mass is 380 g/mol. The Bertz CT molecular complexity index is 798. The molecule has 0 aliphatic carbocycles. The predicted molar refractivity (Wildman–Crippen MR) is 108 cm³/mol. The molecule has 1 aromatic heterocycles. The van der Waals surface area contributed by atoms with Crippen molar-refractivity contribution in [3.05, 3.63) is 52.2 Å². The number of piperidine rings is 2. The number of carbonyl (C=O) groups is 1. The number of urea groups is 1. The molecule has 2 N–H and O–H groups in total. The highest BCUT2D eigenvalue weighted by Crippen LogP contribution is 2.35. The highest BCUT2D eigenvalue weighted by molar-refractivity contribution is 7.09. The van der Waals surface area contributed by atoms with Crippen molar-refractivity contribution in [2.24, 2.45) is 0 Å². The second kappa shape index (κ2) is 8.12. The number of thiophene rings is 1. The van der Waals surface area contributed by atoms with Gasteiger partial charge in [-0.1, -0.05) is 12.5 Å². The van der Waals surface area contributed by atoms with Crippen molar-refractivity contribution < 1.29 is 4.79 Å². The van der Waals surface area contributed by atoms with Crippen LogP contribution in [-0.4, -0.2) is 29.1 Å². The summed E-state index contributed by atoms with van der Waals surface area (Å²) in [5.74, 6) is 0. The number of nitrogens with zero attached hydrogens (tertiary/aromatic N) is 2. The molecule has 1 aromatic carbocycles. The number of nitriles is 1. The summed E-state index contributed by atoms with van der Waals surface area (Å²) >= 11 is 1.83. The molecule has 2 saturated heterocycles. The number of hydrogen-bond donors (Lipinski definition) is 2. The van der Waals surface area contributed by atoms with Gasteiger partial charge in [0.1, 0.15) is 0 Å². The molecule has 2 aliphatic rings. The van der Waals surface area contributed by atoms with E-state index < -0.39 is 0 Å². The minimum atomic E-state index is -0.158. The first-order chi connectivity index (χ1) is 13.2. The molecule has 3 atom stereocenters. The Morgan fingerprint density at radius 3 is 2.56 bits per heavy atom. The van der Waals surface area contributed by atoms with Crippen LogP contribution in [0.15, 0.2) is 41.8 Å². The molecule has 27 heavy (non-hydrogen) atoms. The average molecular weight is 381 g/mol. The highest BCUT2D eigenvalue weighted by Gasteiger charge is 2.38. The zero-order valence-electron chi connectivity index (χ0n) is 15.2. The van der Waals surface area contributed by atoms with E-state index in [0.717, 1.165) is 19.4 Å². The van der Waals surface area contributed by atoms with Crippen LogP contribution in [0.4, 0.5) is 10.5 Å². The fraction of sp³-hybridized carbons (Fsp3) is 0.429. The molecule has 2 bridgehead atoms. The molecule has 2 fully saturated rings. The maximum atomic E-state index is 12.4. The van der Waals surface area contributed by atoms with Gasteiger partial charge in [0.25, 0.3) is 0 Å². The molecule has 1 unspecified atom stereocenters. The minimum Gasteiger partial charge on any atom is -0.335 e. The maximum absolute atomic E-state index is 12.4. The SMILES string of the molecule is N#Cc1ccc(NC(=O)NC2C[C@H]3CCC[C@@H](C2)N3Cc2cccs2)cc1. The third-order valence-electron chi connectivity index (χ3n) is 5.65. The summed E-state index contributed by atoms with van der Waals surface area (Å²) in [5.41, 5.74) is 1.30. The molecule has 6 heteroatoms. The molecule has 2 amide bonds. The van der Waals surface area contributed by atoms with Gasteiger partial charge in [-0.15, -0.1) is 11.3 Å². The Labute approximate surface area is 164 Å². The zero-order valence-corrected chi connectivity index (χ0v) is 16.0. The van der Waals surface area contributed by atoms with E-state index in [2.05, 4.69) is 39.1 Å². The van der Waals surface area contributed by atoms with E-state index in [0.29, 0.717) is 23.3 Å². The number of anilines is 1. The molecule has 2 aromatic rings. The molecule has 140 valence electrons. The Kier molecular flexibility index (Phi) is 5.42. The van der Waals surface area contributed by atoms with Gasteiger partial charge in [-0.3, -0.25) is 4.90 Å². The van der Waals surface area contributed by atoms with Crippen molar-refractivity contribution in [1.82, 2.24) is 10.2 Å². The summed E-state index contributed by atoms with van der Waals surface area (Å²) in [6.45, 7) is 1.04. The molecule has 5 nitrogen and oxygen atoms in total. The van der Waals surface area contributed by atoms with Crippen LogP contribution in [0.1, 0.15) is 42.5 Å². The summed E-state index contributed by atoms with van der Waals surface area (Å²) in [7, 11) is 0. The lowest BCUT2D eigenvalue weighted by molar-refractivity contribution is 0.0208. The number of benzene rings is 1. The van der Waals surface area contributed by atoms with E-state index in [4.69, 9.17) is 5.26 Å². The maximum Gasteiger partial charge on any atom is 0.319 e. The van der Waals surface area contributed by atoms with Gasteiger partial charge in [-0.2, -0.15) is 5.26 Å². The zero-order chi connectivity index (χ0) is 18.6. The first kappa shape index (κ1) is 18.0. The summed E-state index contributed by atoms with van der Waals surface area (Å²) in [6.07, 6.45) is 5.76. The van der Waals surface area contributed by atoms with Gasteiger partial charge in [0.15, 0.2) is 0 Å². The van der Waals surface area contributed by atoms with Crippen LogP contribution in [0.5, 0.6) is 0 Å². The van der Waals surface area contributed by atoms with Gasteiger partial charge in [0.2, 0.25) is 0 Å². The molecular formula is C21H24N4OS. The third kappa shape index (κ3) is 4.32. The molecular weight excluding hydrogens is 356 g/mol. The first-order valence-corrected chi connectivity index (χ1v) is 10.4. The largest absolute Gasteiger partial charge is 0.335 e. The van der Waals surface area contributed by atoms with Crippen LogP contribution in [0.25, 0.3) is 0 Å². The predicted octanol–water partition coefficient (Wildman–Crippen LogP) is 4.33. The second-order valence-corrected chi connectivity index (χ2v) is 8.48. The van der Waals surface area contributed by atoms with E-state index in [9.17, 15) is 4.79 Å². The number of hydrogen-bond acceptors (Lipinski definition) is 4. The van der Waals surface area contributed by atoms with Crippen molar-refractivity contribution in [3.8, 4) is 6.07 Å². The van der Waals surface area contributed by atoms with Crippen molar-refractivity contribution in [2.75, 3.05) is 5.32 Å². The van der Waals surface area contributed by atoms with Crippen molar-refractivity contribution in [1.29, 1.82) is 5.26 Å². The van der Waals surface area contributed by atoms with Gasteiger partial charge in [0.05, 0.1) is 11.6 Å². The number of carbonyl (C=O) groups excluding carboxylic acids is 1. The quantitative estimate of drug-likeness (QED) is 0.830. The normalized spacial score (nSPS) is 24.8. The minimum absolute atomic E-state index is 0.158.